The van der Waals surface area contributed by atoms with E-state index in [1.807, 2.05) is 19.0 Å². The van der Waals surface area contributed by atoms with Crippen molar-refractivity contribution in [2.75, 3.05) is 14.1 Å². The van der Waals surface area contributed by atoms with Gasteiger partial charge in [0.05, 0.1) is 0 Å². The van der Waals surface area contributed by atoms with Gasteiger partial charge in [-0.25, -0.2) is 0 Å². The van der Waals surface area contributed by atoms with E-state index in [1.54, 1.807) is 12.1 Å². The molecule has 0 spiro atoms. The molecular formula is C9H13NO2. The Hall–Kier alpha value is -1.22. The fraction of sp³-hybridized carbons (Fsp3) is 0.333. The average Bonchev–Trinajstić information content (AvgIpc) is 1.94. The molecular weight excluding hydrogens is 154 g/mol. The van der Waals surface area contributed by atoms with Crippen molar-refractivity contribution in [2.45, 2.75) is 6.54 Å². The monoisotopic (exact) mass is 167 g/mol. The summed E-state index contributed by atoms with van der Waals surface area (Å²) < 4.78 is 0. The summed E-state index contributed by atoms with van der Waals surface area (Å²) in [7, 11) is 3.85. The summed E-state index contributed by atoms with van der Waals surface area (Å²) in [5.41, 5.74) is 0.817. The molecule has 1 rings (SSSR count). The first kappa shape index (κ1) is 8.87. The van der Waals surface area contributed by atoms with Gasteiger partial charge < -0.3 is 15.1 Å². The predicted molar refractivity (Wildman–Crippen MR) is 47.2 cm³/mol. The summed E-state index contributed by atoms with van der Waals surface area (Å²) in [6.07, 6.45) is 0. The number of hydrogen-bond acceptors (Lipinski definition) is 3. The fourth-order valence-electron chi connectivity index (χ4n) is 1.03. The van der Waals surface area contributed by atoms with Gasteiger partial charge in [0, 0.05) is 18.2 Å². The molecule has 0 bridgehead atoms. The Bertz CT molecular complexity index is 271. The van der Waals surface area contributed by atoms with Crippen molar-refractivity contribution in [1.82, 2.24) is 4.90 Å². The maximum Gasteiger partial charge on any atom is 0.123 e. The van der Waals surface area contributed by atoms with E-state index in [2.05, 4.69) is 0 Å². The summed E-state index contributed by atoms with van der Waals surface area (Å²) in [6, 6.07) is 4.63. The molecule has 0 fully saturated rings. The lowest BCUT2D eigenvalue weighted by atomic mass is 10.2. The zero-order valence-corrected chi connectivity index (χ0v) is 7.28. The van der Waals surface area contributed by atoms with E-state index in [-0.39, 0.29) is 11.5 Å². The molecule has 0 atom stereocenters. The molecule has 0 aromatic heterocycles. The Balaban J connectivity index is 2.86. The van der Waals surface area contributed by atoms with Crippen LogP contribution in [0.25, 0.3) is 0 Å². The molecule has 2 N–H and O–H groups in total. The summed E-state index contributed by atoms with van der Waals surface area (Å²) in [5, 5.41) is 18.4. The highest BCUT2D eigenvalue weighted by Crippen LogP contribution is 2.22. The van der Waals surface area contributed by atoms with Crippen LogP contribution in [0.15, 0.2) is 18.2 Å². The van der Waals surface area contributed by atoms with E-state index in [9.17, 15) is 5.11 Å². The van der Waals surface area contributed by atoms with Gasteiger partial charge in [-0.05, 0) is 20.2 Å². The number of phenols is 2. The molecule has 66 valence electrons. The predicted octanol–water partition coefficient (Wildman–Crippen LogP) is 1.16. The lowest BCUT2D eigenvalue weighted by Gasteiger charge is -2.10. The van der Waals surface area contributed by atoms with Crippen LogP contribution in [0.5, 0.6) is 11.5 Å². The lowest BCUT2D eigenvalue weighted by molar-refractivity contribution is 0.383. The van der Waals surface area contributed by atoms with Gasteiger partial charge >= 0.3 is 0 Å². The SMILES string of the molecule is CN(C)Cc1ccc(O)cc1O. The molecule has 1 aromatic rings. The second-order valence-corrected chi connectivity index (χ2v) is 3.05. The highest BCUT2D eigenvalue weighted by molar-refractivity contribution is 5.38. The van der Waals surface area contributed by atoms with Crippen LogP contribution in [-0.4, -0.2) is 29.2 Å². The second kappa shape index (κ2) is 3.45. The Kier molecular flexibility index (Phi) is 2.55. The topological polar surface area (TPSA) is 43.7 Å². The molecule has 0 radical (unpaired) electrons. The third kappa shape index (κ3) is 2.13. The van der Waals surface area contributed by atoms with Crippen molar-refractivity contribution in [3.63, 3.8) is 0 Å². The summed E-state index contributed by atoms with van der Waals surface area (Å²) in [5.74, 6) is 0.235. The van der Waals surface area contributed by atoms with Gasteiger partial charge in [0.2, 0.25) is 0 Å². The van der Waals surface area contributed by atoms with Crippen molar-refractivity contribution in [1.29, 1.82) is 0 Å². The average molecular weight is 167 g/mol. The normalized spacial score (nSPS) is 10.6. The van der Waals surface area contributed by atoms with Crippen LogP contribution in [0, 0.1) is 0 Å². The molecule has 0 saturated heterocycles. The summed E-state index contributed by atoms with van der Waals surface area (Å²) >= 11 is 0. The Labute approximate surface area is 71.9 Å². The van der Waals surface area contributed by atoms with Crippen LogP contribution < -0.4 is 0 Å². The van der Waals surface area contributed by atoms with Crippen molar-refractivity contribution >= 4 is 0 Å². The van der Waals surface area contributed by atoms with Gasteiger partial charge in [-0.3, -0.25) is 0 Å². The molecule has 0 saturated carbocycles. The first-order valence-electron chi connectivity index (χ1n) is 3.75. The Morgan fingerprint density at radius 3 is 2.42 bits per heavy atom. The van der Waals surface area contributed by atoms with E-state index >= 15 is 0 Å². The zero-order valence-electron chi connectivity index (χ0n) is 7.28. The maximum absolute atomic E-state index is 9.35. The highest BCUT2D eigenvalue weighted by Gasteiger charge is 2.02. The van der Waals surface area contributed by atoms with Gasteiger partial charge in [0.25, 0.3) is 0 Å². The highest BCUT2D eigenvalue weighted by atomic mass is 16.3. The third-order valence-electron chi connectivity index (χ3n) is 1.56. The molecule has 3 heteroatoms. The first-order chi connectivity index (χ1) is 5.59. The fourth-order valence-corrected chi connectivity index (χ4v) is 1.03. The number of aromatic hydroxyl groups is 2. The van der Waals surface area contributed by atoms with Crippen molar-refractivity contribution < 1.29 is 10.2 Å². The first-order valence-corrected chi connectivity index (χ1v) is 3.75. The van der Waals surface area contributed by atoms with Crippen LogP contribution in [0.1, 0.15) is 5.56 Å². The molecule has 0 amide bonds. The van der Waals surface area contributed by atoms with E-state index in [4.69, 9.17) is 5.11 Å². The van der Waals surface area contributed by atoms with E-state index in [1.165, 1.54) is 6.07 Å². The quantitative estimate of drug-likeness (QED) is 0.694. The molecule has 0 aliphatic rings. The van der Waals surface area contributed by atoms with Crippen molar-refractivity contribution in [2.24, 2.45) is 0 Å². The molecule has 12 heavy (non-hydrogen) atoms. The van der Waals surface area contributed by atoms with E-state index < -0.39 is 0 Å². The Morgan fingerprint density at radius 1 is 1.25 bits per heavy atom. The van der Waals surface area contributed by atoms with Gasteiger partial charge in [-0.1, -0.05) is 6.07 Å². The summed E-state index contributed by atoms with van der Waals surface area (Å²) in [6.45, 7) is 0.673. The van der Waals surface area contributed by atoms with Crippen LogP contribution in [0.2, 0.25) is 0 Å². The smallest absolute Gasteiger partial charge is 0.123 e. The van der Waals surface area contributed by atoms with Gasteiger partial charge in [-0.15, -0.1) is 0 Å². The number of benzene rings is 1. The molecule has 1 aromatic carbocycles. The summed E-state index contributed by atoms with van der Waals surface area (Å²) in [4.78, 5) is 1.95. The molecule has 0 aliphatic heterocycles. The number of rotatable bonds is 2. The third-order valence-corrected chi connectivity index (χ3v) is 1.56. The molecule has 0 heterocycles. The second-order valence-electron chi connectivity index (χ2n) is 3.05. The standard InChI is InChI=1S/C9H13NO2/c1-10(2)6-7-3-4-8(11)5-9(7)12/h3-5,11-12H,6H2,1-2H3. The van der Waals surface area contributed by atoms with Gasteiger partial charge in [0.1, 0.15) is 11.5 Å². The number of nitrogens with zero attached hydrogens (tertiary/aromatic N) is 1. The molecule has 0 unspecified atom stereocenters. The molecule has 0 aliphatic carbocycles. The minimum Gasteiger partial charge on any atom is -0.508 e. The van der Waals surface area contributed by atoms with Crippen LogP contribution >= 0.6 is 0 Å². The van der Waals surface area contributed by atoms with Crippen molar-refractivity contribution in [3.05, 3.63) is 23.8 Å². The minimum atomic E-state index is 0.0926. The minimum absolute atomic E-state index is 0.0926. The van der Waals surface area contributed by atoms with E-state index in [0.29, 0.717) is 6.54 Å². The van der Waals surface area contributed by atoms with Gasteiger partial charge in [-0.2, -0.15) is 0 Å². The number of phenolic OH excluding ortho intramolecular Hbond substituents is 2. The largest absolute Gasteiger partial charge is 0.508 e. The van der Waals surface area contributed by atoms with Gasteiger partial charge in [0.15, 0.2) is 0 Å². The maximum atomic E-state index is 9.35. The van der Waals surface area contributed by atoms with E-state index in [0.717, 1.165) is 5.56 Å². The van der Waals surface area contributed by atoms with Crippen LogP contribution in [-0.2, 0) is 6.54 Å². The van der Waals surface area contributed by atoms with Crippen LogP contribution in [0.3, 0.4) is 0 Å². The zero-order chi connectivity index (χ0) is 9.14. The van der Waals surface area contributed by atoms with Crippen LogP contribution in [0.4, 0.5) is 0 Å². The van der Waals surface area contributed by atoms with Crippen molar-refractivity contribution in [3.8, 4) is 11.5 Å². The number of hydrogen-bond donors (Lipinski definition) is 2. The Morgan fingerprint density at radius 2 is 1.92 bits per heavy atom. The lowest BCUT2D eigenvalue weighted by Crippen LogP contribution is -2.10. The molecule has 3 nitrogen and oxygen atoms in total.